The highest BCUT2D eigenvalue weighted by Gasteiger charge is 2.21. The maximum absolute atomic E-state index is 5.23. The van der Waals surface area contributed by atoms with Gasteiger partial charge in [0.2, 0.25) is 0 Å². The molecule has 0 aliphatic carbocycles. The van der Waals surface area contributed by atoms with Crippen LogP contribution in [-0.4, -0.2) is 44.4 Å². The van der Waals surface area contributed by atoms with Gasteiger partial charge in [-0.05, 0) is 42.5 Å². The molecule has 9 heteroatoms. The molecule has 57 heavy (non-hydrogen) atoms. The number of nitrogens with zero attached hydrogens (tertiary/aromatic N) is 9. The Morgan fingerprint density at radius 1 is 0.298 bits per heavy atom. The Kier molecular flexibility index (Phi) is 8.62. The van der Waals surface area contributed by atoms with Gasteiger partial charge in [0, 0.05) is 51.3 Å². The maximum atomic E-state index is 5.23. The monoisotopic (exact) mass is 733 g/mol. The Labute approximate surface area is 328 Å². The molecule has 0 aliphatic heterocycles. The lowest BCUT2D eigenvalue weighted by molar-refractivity contribution is 1.06. The number of imidazole rings is 1. The molecule has 0 unspecified atom stereocenters. The van der Waals surface area contributed by atoms with Crippen molar-refractivity contribution in [2.75, 3.05) is 0 Å². The summed E-state index contributed by atoms with van der Waals surface area (Å²) in [6.45, 7) is 0. The van der Waals surface area contributed by atoms with Crippen LogP contribution in [0, 0.1) is 0 Å². The molecule has 9 nitrogen and oxygen atoms in total. The van der Waals surface area contributed by atoms with Gasteiger partial charge in [-0.15, -0.1) is 0 Å². The normalized spacial score (nSPS) is 11.2. The minimum absolute atomic E-state index is 0.498. The predicted molar refractivity (Wildman–Crippen MR) is 224 cm³/mol. The molecule has 6 aromatic carbocycles. The first-order valence-electron chi connectivity index (χ1n) is 18.5. The van der Waals surface area contributed by atoms with E-state index in [9.17, 15) is 0 Å². The van der Waals surface area contributed by atoms with Crippen LogP contribution in [0.25, 0.3) is 96.4 Å². The van der Waals surface area contributed by atoms with Gasteiger partial charge < -0.3 is 0 Å². The van der Waals surface area contributed by atoms with Crippen LogP contribution in [0.1, 0.15) is 0 Å². The first-order chi connectivity index (χ1) is 28.2. The van der Waals surface area contributed by atoms with Gasteiger partial charge in [0.05, 0.1) is 16.7 Å². The highest BCUT2D eigenvalue weighted by atomic mass is 15.1. The van der Waals surface area contributed by atoms with Crippen molar-refractivity contribution in [3.8, 4) is 85.4 Å². The average Bonchev–Trinajstić information content (AvgIpc) is 3.70. The topological polar surface area (TPSA) is 108 Å². The molecule has 0 saturated heterocycles. The molecule has 10 rings (SSSR count). The number of rotatable bonds is 8. The second-order valence-electron chi connectivity index (χ2n) is 13.3. The Hall–Kier alpha value is -8.04. The van der Waals surface area contributed by atoms with Gasteiger partial charge >= 0.3 is 0 Å². The molecule has 4 heterocycles. The van der Waals surface area contributed by atoms with Gasteiger partial charge in [-0.1, -0.05) is 133 Å². The molecule has 0 amide bonds. The van der Waals surface area contributed by atoms with E-state index in [4.69, 9.17) is 34.9 Å². The summed E-state index contributed by atoms with van der Waals surface area (Å²) in [6.07, 6.45) is 3.58. The van der Waals surface area contributed by atoms with E-state index in [2.05, 4.69) is 27.8 Å². The van der Waals surface area contributed by atoms with Gasteiger partial charge in [-0.25, -0.2) is 34.9 Å². The number of hydrogen-bond donors (Lipinski definition) is 0. The quantitative estimate of drug-likeness (QED) is 0.152. The molecular weight excluding hydrogens is 703 g/mol. The van der Waals surface area contributed by atoms with Crippen molar-refractivity contribution < 1.29 is 0 Å². The van der Waals surface area contributed by atoms with Crippen molar-refractivity contribution in [1.82, 2.24) is 44.4 Å². The van der Waals surface area contributed by atoms with Crippen molar-refractivity contribution in [2.24, 2.45) is 0 Å². The largest absolute Gasteiger partial charge is 0.292 e. The van der Waals surface area contributed by atoms with Crippen LogP contribution >= 0.6 is 0 Å². The van der Waals surface area contributed by atoms with E-state index in [1.54, 1.807) is 12.4 Å². The molecule has 4 aromatic heterocycles. The van der Waals surface area contributed by atoms with Crippen LogP contribution < -0.4 is 0 Å². The summed E-state index contributed by atoms with van der Waals surface area (Å²) in [7, 11) is 0. The number of aromatic nitrogens is 9. The molecule has 0 spiro atoms. The van der Waals surface area contributed by atoms with E-state index >= 15 is 0 Å². The molecule has 0 atom stereocenters. The Balaban J connectivity index is 1.26. The fourth-order valence-electron chi connectivity index (χ4n) is 6.86. The van der Waals surface area contributed by atoms with Crippen molar-refractivity contribution in [3.63, 3.8) is 0 Å². The number of para-hydroxylation sites is 2. The predicted octanol–water partition coefficient (Wildman–Crippen LogP) is 10.5. The standard InChI is InChI=1S/C48H31N9/c1-5-15-32(16-6-1)42-51-43(33-17-7-2-8-18-33)54-46(53-42)36-29-37(47-55-44(34-19-9-3-10-20-34)52-45(56-47)35-21-11-4-12-22-35)31-38(30-36)48-50-40-23-13-14-24-41(40)57(48)39-25-27-49-28-26-39/h1-31H. The van der Waals surface area contributed by atoms with Crippen LogP contribution in [0.4, 0.5) is 0 Å². The second kappa shape index (κ2) is 14.7. The summed E-state index contributed by atoms with van der Waals surface area (Å²) >= 11 is 0. The van der Waals surface area contributed by atoms with Crippen LogP contribution in [-0.2, 0) is 0 Å². The molecule has 10 aromatic rings. The van der Waals surface area contributed by atoms with E-state index in [-0.39, 0.29) is 0 Å². The molecule has 0 radical (unpaired) electrons. The zero-order valence-electron chi connectivity index (χ0n) is 30.4. The van der Waals surface area contributed by atoms with E-state index in [1.165, 1.54) is 0 Å². The molecular formula is C48H31N9. The average molecular weight is 734 g/mol. The summed E-state index contributed by atoms with van der Waals surface area (Å²) in [6, 6.07) is 58.2. The summed E-state index contributed by atoms with van der Waals surface area (Å²) in [5.74, 6) is 3.98. The highest BCUT2D eigenvalue weighted by Crippen LogP contribution is 2.36. The second-order valence-corrected chi connectivity index (χ2v) is 13.3. The highest BCUT2D eigenvalue weighted by molar-refractivity contribution is 5.86. The van der Waals surface area contributed by atoms with Crippen molar-refractivity contribution >= 4 is 11.0 Å². The molecule has 0 bridgehead atoms. The molecule has 0 fully saturated rings. The summed E-state index contributed by atoms with van der Waals surface area (Å²) < 4.78 is 2.15. The third-order valence-electron chi connectivity index (χ3n) is 9.59. The van der Waals surface area contributed by atoms with Crippen LogP contribution in [0.2, 0.25) is 0 Å². The van der Waals surface area contributed by atoms with Crippen LogP contribution in [0.5, 0.6) is 0 Å². The summed E-state index contributed by atoms with van der Waals surface area (Å²) in [5, 5.41) is 0. The molecule has 0 saturated carbocycles. The number of benzene rings is 6. The Morgan fingerprint density at radius 2 is 0.649 bits per heavy atom. The van der Waals surface area contributed by atoms with Crippen molar-refractivity contribution in [2.45, 2.75) is 0 Å². The first kappa shape index (κ1) is 33.5. The van der Waals surface area contributed by atoms with Crippen molar-refractivity contribution in [3.05, 3.63) is 188 Å². The molecule has 0 N–H and O–H groups in total. The fourth-order valence-corrected chi connectivity index (χ4v) is 6.86. The number of hydrogen-bond acceptors (Lipinski definition) is 8. The summed E-state index contributed by atoms with van der Waals surface area (Å²) in [4.78, 5) is 39.9. The smallest absolute Gasteiger partial charge is 0.164 e. The van der Waals surface area contributed by atoms with E-state index in [0.29, 0.717) is 34.9 Å². The van der Waals surface area contributed by atoms with Gasteiger partial charge in [-0.3, -0.25) is 9.55 Å². The van der Waals surface area contributed by atoms with E-state index in [1.807, 2.05) is 158 Å². The van der Waals surface area contributed by atoms with Gasteiger partial charge in [0.15, 0.2) is 34.9 Å². The lowest BCUT2D eigenvalue weighted by Gasteiger charge is -2.14. The fraction of sp³-hybridized carbons (Fsp3) is 0. The van der Waals surface area contributed by atoms with Gasteiger partial charge in [0.25, 0.3) is 0 Å². The minimum Gasteiger partial charge on any atom is -0.292 e. The zero-order valence-corrected chi connectivity index (χ0v) is 30.4. The maximum Gasteiger partial charge on any atom is 0.164 e. The van der Waals surface area contributed by atoms with Crippen LogP contribution in [0.3, 0.4) is 0 Å². The molecule has 0 aliphatic rings. The van der Waals surface area contributed by atoms with Crippen molar-refractivity contribution in [1.29, 1.82) is 0 Å². The summed E-state index contributed by atoms with van der Waals surface area (Å²) in [5.41, 5.74) is 8.58. The minimum atomic E-state index is 0.498. The number of pyridine rings is 1. The lowest BCUT2D eigenvalue weighted by Crippen LogP contribution is -2.03. The van der Waals surface area contributed by atoms with Gasteiger partial charge in [-0.2, -0.15) is 0 Å². The first-order valence-corrected chi connectivity index (χ1v) is 18.5. The third-order valence-corrected chi connectivity index (χ3v) is 9.59. The van der Waals surface area contributed by atoms with E-state index in [0.717, 1.165) is 61.5 Å². The third kappa shape index (κ3) is 6.70. The Bertz CT molecular complexity index is 2730. The SMILES string of the molecule is c1ccc(-c2nc(-c3ccccc3)nc(-c3cc(-c4nc(-c5ccccc5)nc(-c5ccccc5)n4)cc(-c4nc5ccccc5n4-c4ccncc4)c3)n2)cc1. The van der Waals surface area contributed by atoms with E-state index < -0.39 is 0 Å². The molecule has 268 valence electrons. The van der Waals surface area contributed by atoms with Crippen LogP contribution in [0.15, 0.2) is 188 Å². The van der Waals surface area contributed by atoms with Gasteiger partial charge in [0.1, 0.15) is 5.82 Å². The Morgan fingerprint density at radius 3 is 1.07 bits per heavy atom. The zero-order chi connectivity index (χ0) is 38.0. The lowest BCUT2D eigenvalue weighted by atomic mass is 10.0. The number of fused-ring (bicyclic) bond motifs is 1.